The van der Waals surface area contributed by atoms with Crippen molar-refractivity contribution in [1.29, 1.82) is 0 Å². The Morgan fingerprint density at radius 1 is 0.868 bits per heavy atom. The molecule has 2 amide bonds. The Labute approximate surface area is 222 Å². The summed E-state index contributed by atoms with van der Waals surface area (Å²) in [6.07, 6.45) is 1.91. The second-order valence-electron chi connectivity index (χ2n) is 9.30. The average molecular weight is 529 g/mol. The topological polar surface area (TPSA) is 99.7 Å². The Bertz CT molecular complexity index is 1590. The molecule has 0 atom stereocenters. The van der Waals surface area contributed by atoms with Crippen LogP contribution < -0.4 is 4.72 Å². The van der Waals surface area contributed by atoms with Crippen molar-refractivity contribution in [3.8, 4) is 0 Å². The van der Waals surface area contributed by atoms with Crippen molar-refractivity contribution < 1.29 is 18.0 Å². The Morgan fingerprint density at radius 2 is 1.58 bits per heavy atom. The predicted molar refractivity (Wildman–Crippen MR) is 146 cm³/mol. The molecule has 0 bridgehead atoms. The van der Waals surface area contributed by atoms with Crippen molar-refractivity contribution in [2.75, 3.05) is 30.9 Å². The molecule has 194 valence electrons. The molecule has 0 unspecified atom stereocenters. The lowest BCUT2D eigenvalue weighted by Gasteiger charge is -2.35. The van der Waals surface area contributed by atoms with Gasteiger partial charge in [-0.1, -0.05) is 48.5 Å². The summed E-state index contributed by atoms with van der Waals surface area (Å²) >= 11 is 0. The van der Waals surface area contributed by atoms with Gasteiger partial charge in [0.05, 0.1) is 17.6 Å². The zero-order chi connectivity index (χ0) is 26.7. The maximum atomic E-state index is 13.2. The number of anilines is 1. The maximum absolute atomic E-state index is 13.2. The van der Waals surface area contributed by atoms with Crippen LogP contribution in [0.25, 0.3) is 10.9 Å². The molecule has 1 aliphatic rings. The van der Waals surface area contributed by atoms with Crippen LogP contribution in [0, 0.1) is 6.92 Å². The number of nitrogens with one attached hydrogen (secondary N) is 1. The van der Waals surface area contributed by atoms with E-state index < -0.39 is 10.0 Å². The number of nitrogens with zero attached hydrogens (tertiary/aromatic N) is 3. The zero-order valence-electron chi connectivity index (χ0n) is 21.0. The van der Waals surface area contributed by atoms with Crippen molar-refractivity contribution in [2.45, 2.75) is 18.2 Å². The third-order valence-corrected chi connectivity index (χ3v) is 8.12. The number of benzene rings is 3. The molecule has 0 radical (unpaired) electrons. The molecule has 1 fully saturated rings. The number of carbonyl (C=O) groups is 2. The quantitative estimate of drug-likeness (QED) is 0.410. The van der Waals surface area contributed by atoms with E-state index in [1.54, 1.807) is 53.3 Å². The van der Waals surface area contributed by atoms with Crippen LogP contribution in [0.2, 0.25) is 0 Å². The fourth-order valence-corrected chi connectivity index (χ4v) is 5.94. The van der Waals surface area contributed by atoms with Gasteiger partial charge in [0.15, 0.2) is 0 Å². The summed E-state index contributed by atoms with van der Waals surface area (Å²) in [5, 5.41) is 0.731. The highest BCUT2D eigenvalue weighted by atomic mass is 32.2. The largest absolute Gasteiger partial charge is 0.339 e. The van der Waals surface area contributed by atoms with Gasteiger partial charge in [0.1, 0.15) is 4.90 Å². The van der Waals surface area contributed by atoms with Gasteiger partial charge in [-0.25, -0.2) is 8.42 Å². The van der Waals surface area contributed by atoms with Crippen LogP contribution in [0.5, 0.6) is 0 Å². The first kappa shape index (κ1) is 25.4. The molecule has 5 rings (SSSR count). The van der Waals surface area contributed by atoms with Crippen molar-refractivity contribution in [3.63, 3.8) is 0 Å². The van der Waals surface area contributed by atoms with E-state index in [0.717, 1.165) is 10.9 Å². The van der Waals surface area contributed by atoms with E-state index >= 15 is 0 Å². The molecule has 1 aliphatic heterocycles. The highest BCUT2D eigenvalue weighted by Gasteiger charge is 2.26. The van der Waals surface area contributed by atoms with Gasteiger partial charge >= 0.3 is 0 Å². The second-order valence-corrected chi connectivity index (χ2v) is 11.0. The number of hydrogen-bond donors (Lipinski definition) is 1. The molecule has 1 aromatic heterocycles. The number of rotatable bonds is 6. The van der Waals surface area contributed by atoms with Crippen molar-refractivity contribution in [2.24, 2.45) is 0 Å². The predicted octanol–water partition coefficient (Wildman–Crippen LogP) is 3.87. The number of aromatic nitrogens is 1. The van der Waals surface area contributed by atoms with Gasteiger partial charge in [0, 0.05) is 43.3 Å². The third-order valence-electron chi connectivity index (χ3n) is 6.72. The van der Waals surface area contributed by atoms with Crippen LogP contribution in [-0.4, -0.2) is 61.2 Å². The van der Waals surface area contributed by atoms with Crippen LogP contribution in [0.4, 0.5) is 5.69 Å². The number of aryl methyl sites for hydroxylation is 1. The number of para-hydroxylation sites is 1. The molecule has 38 heavy (non-hydrogen) atoms. The number of hydrogen-bond acceptors (Lipinski definition) is 5. The van der Waals surface area contributed by atoms with E-state index in [-0.39, 0.29) is 16.7 Å². The monoisotopic (exact) mass is 528 g/mol. The number of fused-ring (bicyclic) bond motifs is 1. The normalized spacial score (nSPS) is 13.9. The molecular formula is C29H28N4O4S. The van der Waals surface area contributed by atoms with Crippen LogP contribution in [-0.2, 0) is 21.2 Å². The molecule has 0 saturated carbocycles. The Hall–Kier alpha value is -4.24. The molecular weight excluding hydrogens is 500 g/mol. The lowest BCUT2D eigenvalue weighted by Crippen LogP contribution is -2.51. The number of piperazine rings is 1. The fraction of sp³-hybridized carbons (Fsp3) is 0.207. The smallest absolute Gasteiger partial charge is 0.264 e. The minimum atomic E-state index is -3.90. The van der Waals surface area contributed by atoms with Crippen LogP contribution in [0.15, 0.2) is 90.0 Å². The summed E-state index contributed by atoms with van der Waals surface area (Å²) in [6.45, 7) is 3.61. The lowest BCUT2D eigenvalue weighted by atomic mass is 10.1. The zero-order valence-corrected chi connectivity index (χ0v) is 21.8. The van der Waals surface area contributed by atoms with Gasteiger partial charge in [0.2, 0.25) is 5.91 Å². The van der Waals surface area contributed by atoms with Gasteiger partial charge in [-0.15, -0.1) is 0 Å². The van der Waals surface area contributed by atoms with Gasteiger partial charge in [-0.2, -0.15) is 0 Å². The highest BCUT2D eigenvalue weighted by Crippen LogP contribution is 2.25. The Kier molecular flexibility index (Phi) is 7.11. The average Bonchev–Trinajstić information content (AvgIpc) is 2.94. The van der Waals surface area contributed by atoms with Crippen molar-refractivity contribution in [3.05, 3.63) is 102 Å². The maximum Gasteiger partial charge on any atom is 0.264 e. The van der Waals surface area contributed by atoms with Gasteiger partial charge < -0.3 is 9.80 Å². The summed E-state index contributed by atoms with van der Waals surface area (Å²) in [7, 11) is -3.90. The van der Waals surface area contributed by atoms with Gasteiger partial charge in [-0.3, -0.25) is 19.3 Å². The molecule has 4 aromatic rings. The standard InChI is InChI=1S/C29H28N4O4S/c1-21-19-24(29(35)33-17-15-32(16-18-33)27(34)20-22-7-3-2-4-8-22)12-13-25(21)31-38(36,37)26-11-5-9-23-10-6-14-30-28(23)26/h2-14,19,31H,15-18,20H2,1H3. The van der Waals surface area contributed by atoms with E-state index in [0.29, 0.717) is 54.9 Å². The molecule has 0 aliphatic carbocycles. The molecule has 1 saturated heterocycles. The van der Waals surface area contributed by atoms with Crippen molar-refractivity contribution >= 4 is 38.4 Å². The van der Waals surface area contributed by atoms with E-state index in [4.69, 9.17) is 0 Å². The van der Waals surface area contributed by atoms with Crippen LogP contribution in [0.1, 0.15) is 21.5 Å². The minimum absolute atomic E-state index is 0.0529. The van der Waals surface area contributed by atoms with E-state index in [2.05, 4.69) is 9.71 Å². The van der Waals surface area contributed by atoms with Crippen LogP contribution >= 0.6 is 0 Å². The number of carbonyl (C=O) groups excluding carboxylic acids is 2. The first-order valence-electron chi connectivity index (χ1n) is 12.4. The van der Waals surface area contributed by atoms with Gasteiger partial charge in [0.25, 0.3) is 15.9 Å². The second kappa shape index (κ2) is 10.6. The number of sulfonamides is 1. The Balaban J connectivity index is 1.24. The number of pyridine rings is 1. The van der Waals surface area contributed by atoms with E-state index in [1.165, 1.54) is 6.07 Å². The van der Waals surface area contributed by atoms with Crippen LogP contribution in [0.3, 0.4) is 0 Å². The SMILES string of the molecule is Cc1cc(C(=O)N2CCN(C(=O)Cc3ccccc3)CC2)ccc1NS(=O)(=O)c1cccc2cccnc12. The van der Waals surface area contributed by atoms with E-state index in [9.17, 15) is 18.0 Å². The highest BCUT2D eigenvalue weighted by molar-refractivity contribution is 7.93. The molecule has 2 heterocycles. The Morgan fingerprint density at radius 3 is 2.32 bits per heavy atom. The van der Waals surface area contributed by atoms with Gasteiger partial charge in [-0.05, 0) is 48.4 Å². The summed E-state index contributed by atoms with van der Waals surface area (Å²) in [6, 6.07) is 23.1. The molecule has 9 heteroatoms. The summed E-state index contributed by atoms with van der Waals surface area (Å²) < 4.78 is 29.0. The first-order valence-corrected chi connectivity index (χ1v) is 13.9. The van der Waals surface area contributed by atoms with E-state index in [1.807, 2.05) is 42.5 Å². The molecule has 3 aromatic carbocycles. The number of amides is 2. The summed E-state index contributed by atoms with van der Waals surface area (Å²) in [5.74, 6) is -0.0897. The van der Waals surface area contributed by atoms with Crippen molar-refractivity contribution in [1.82, 2.24) is 14.8 Å². The third kappa shape index (κ3) is 5.38. The molecule has 1 N–H and O–H groups in total. The summed E-state index contributed by atoms with van der Waals surface area (Å²) in [4.78, 5) is 33.7. The minimum Gasteiger partial charge on any atom is -0.339 e. The molecule has 0 spiro atoms. The molecule has 8 nitrogen and oxygen atoms in total. The fourth-order valence-electron chi connectivity index (χ4n) is 4.63. The summed E-state index contributed by atoms with van der Waals surface area (Å²) in [5.41, 5.74) is 2.86. The lowest BCUT2D eigenvalue weighted by molar-refractivity contribution is -0.131. The first-order chi connectivity index (χ1) is 18.3.